The Morgan fingerprint density at radius 2 is 1.78 bits per heavy atom. The number of allylic oxidation sites excluding steroid dienone is 1. The molecule has 41 heavy (non-hydrogen) atoms. The number of rotatable bonds is 17. The molecule has 0 bridgehead atoms. The van der Waals surface area contributed by atoms with Gasteiger partial charge in [-0.2, -0.15) is 0 Å². The lowest BCUT2D eigenvalue weighted by Crippen LogP contribution is -2.31. The van der Waals surface area contributed by atoms with Gasteiger partial charge in [-0.3, -0.25) is 19.2 Å². The predicted octanol–water partition coefficient (Wildman–Crippen LogP) is 5.86. The van der Waals surface area contributed by atoms with Crippen molar-refractivity contribution in [3.05, 3.63) is 12.2 Å². The van der Waals surface area contributed by atoms with Crippen molar-refractivity contribution in [3.8, 4) is 0 Å². The fourth-order valence-corrected chi connectivity index (χ4v) is 5.86. The fourth-order valence-electron chi connectivity index (χ4n) is 5.86. The van der Waals surface area contributed by atoms with Crippen LogP contribution in [0.15, 0.2) is 12.2 Å². The highest BCUT2D eigenvalue weighted by molar-refractivity contribution is 5.94. The first kappa shape index (κ1) is 34.9. The lowest BCUT2D eigenvalue weighted by atomic mass is 9.81. The van der Waals surface area contributed by atoms with Crippen molar-refractivity contribution in [2.45, 2.75) is 136 Å². The monoisotopic (exact) mass is 580 g/mol. The molecule has 1 saturated heterocycles. The highest BCUT2D eigenvalue weighted by Crippen LogP contribution is 2.42. The van der Waals surface area contributed by atoms with Crippen molar-refractivity contribution in [2.75, 3.05) is 13.7 Å². The van der Waals surface area contributed by atoms with E-state index in [0.717, 1.165) is 38.5 Å². The Balaban J connectivity index is 2.27. The van der Waals surface area contributed by atoms with Crippen LogP contribution in [0, 0.1) is 17.3 Å². The normalized spacial score (nSPS) is 25.6. The van der Waals surface area contributed by atoms with Crippen LogP contribution in [0.4, 0.5) is 0 Å². The fraction of sp³-hybridized carbons (Fsp3) is 0.812. The van der Waals surface area contributed by atoms with Gasteiger partial charge in [0.25, 0.3) is 0 Å². The largest absolute Gasteiger partial charge is 0.469 e. The van der Waals surface area contributed by atoms with Gasteiger partial charge >= 0.3 is 17.9 Å². The van der Waals surface area contributed by atoms with Crippen molar-refractivity contribution in [2.24, 2.45) is 17.3 Å². The third kappa shape index (κ3) is 12.2. The predicted molar refractivity (Wildman–Crippen MR) is 154 cm³/mol. The third-order valence-corrected chi connectivity index (χ3v) is 8.23. The number of hydrogen-bond donors (Lipinski definition) is 0. The Bertz CT molecular complexity index is 874. The summed E-state index contributed by atoms with van der Waals surface area (Å²) in [6, 6.07) is 0. The minimum atomic E-state index is -0.473. The molecular formula is C32H52O9. The molecule has 9 heteroatoms. The average molecular weight is 581 g/mol. The Morgan fingerprint density at radius 1 is 1.02 bits per heavy atom. The molecule has 1 aliphatic heterocycles. The summed E-state index contributed by atoms with van der Waals surface area (Å²) < 4.78 is 28.4. The van der Waals surface area contributed by atoms with Crippen LogP contribution >= 0.6 is 0 Å². The highest BCUT2D eigenvalue weighted by atomic mass is 16.7. The van der Waals surface area contributed by atoms with Gasteiger partial charge in [-0.25, -0.2) is 0 Å². The molecule has 0 aromatic carbocycles. The summed E-state index contributed by atoms with van der Waals surface area (Å²) in [7, 11) is 1.35. The second-order valence-electron chi connectivity index (χ2n) is 12.1. The number of carbonyl (C=O) groups excluding carboxylic acids is 4. The number of carbonyl (C=O) groups is 4. The van der Waals surface area contributed by atoms with Crippen LogP contribution in [0.5, 0.6) is 0 Å². The average Bonchev–Trinajstić information content (AvgIpc) is 3.23. The maximum Gasteiger partial charge on any atom is 0.305 e. The Hall–Kier alpha value is -2.26. The first-order valence-electron chi connectivity index (χ1n) is 15.4. The number of hydrogen-bond acceptors (Lipinski definition) is 9. The summed E-state index contributed by atoms with van der Waals surface area (Å²) in [4.78, 5) is 48.8. The van der Waals surface area contributed by atoms with Crippen molar-refractivity contribution in [1.29, 1.82) is 0 Å². The lowest BCUT2D eigenvalue weighted by molar-refractivity contribution is -0.193. The van der Waals surface area contributed by atoms with Crippen LogP contribution in [0.1, 0.15) is 112 Å². The zero-order chi connectivity index (χ0) is 30.4. The highest BCUT2D eigenvalue weighted by Gasteiger charge is 2.46. The molecule has 0 amide bonds. The number of ketones is 1. The van der Waals surface area contributed by atoms with Crippen LogP contribution in [-0.2, 0) is 42.9 Å². The first-order valence-corrected chi connectivity index (χ1v) is 15.4. The van der Waals surface area contributed by atoms with Crippen molar-refractivity contribution in [3.63, 3.8) is 0 Å². The second kappa shape index (κ2) is 17.6. The summed E-state index contributed by atoms with van der Waals surface area (Å²) in [6.07, 6.45) is 10.7. The molecule has 1 saturated carbocycles. The molecule has 2 fully saturated rings. The quantitative estimate of drug-likeness (QED) is 0.118. The maximum atomic E-state index is 13.2. The maximum absolute atomic E-state index is 13.2. The molecule has 0 radical (unpaired) electrons. The van der Waals surface area contributed by atoms with Gasteiger partial charge in [0.2, 0.25) is 0 Å². The minimum absolute atomic E-state index is 0.0638. The Morgan fingerprint density at radius 3 is 2.39 bits per heavy atom. The zero-order valence-electron chi connectivity index (χ0n) is 26.0. The van der Waals surface area contributed by atoms with E-state index in [-0.39, 0.29) is 54.3 Å². The summed E-state index contributed by atoms with van der Waals surface area (Å²) in [5.41, 5.74) is -0.473. The van der Waals surface area contributed by atoms with E-state index in [1.807, 2.05) is 19.9 Å². The van der Waals surface area contributed by atoms with E-state index >= 15 is 0 Å². The molecule has 2 rings (SSSR count). The summed E-state index contributed by atoms with van der Waals surface area (Å²) in [5.74, 6) is -1.34. The molecule has 0 aromatic rings. The molecular weight excluding hydrogens is 528 g/mol. The topological polar surface area (TPSA) is 114 Å². The lowest BCUT2D eigenvalue weighted by Gasteiger charge is -2.30. The van der Waals surface area contributed by atoms with Gasteiger partial charge in [0.15, 0.2) is 12.1 Å². The standard InChI is InChI=1S/C32H52O9/c1-7-8-19-32(4,5)29(35)18-17-26-25(16-15-24(39-22(2)33)12-11-13-30(36)37-6)27(40-23(3)34)21-28(26)41-31-14-9-10-20-38-31/h17-18,24-28,31H,7-16,19-21H2,1-6H3/b18-17+/t24?,25-,26-,27+,28-,31?/m1/s1. The molecule has 1 heterocycles. The van der Waals surface area contributed by atoms with Gasteiger partial charge in [-0.1, -0.05) is 39.7 Å². The molecule has 2 unspecified atom stereocenters. The van der Waals surface area contributed by atoms with Gasteiger partial charge in [-0.05, 0) is 57.4 Å². The first-order chi connectivity index (χ1) is 19.5. The van der Waals surface area contributed by atoms with Gasteiger partial charge in [0.1, 0.15) is 12.2 Å². The molecule has 0 aromatic heterocycles. The van der Waals surface area contributed by atoms with Crippen molar-refractivity contribution < 1.29 is 42.9 Å². The third-order valence-electron chi connectivity index (χ3n) is 8.23. The van der Waals surface area contributed by atoms with E-state index in [4.69, 9.17) is 23.7 Å². The second-order valence-corrected chi connectivity index (χ2v) is 12.1. The Kier molecular flexibility index (Phi) is 15.0. The van der Waals surface area contributed by atoms with Gasteiger partial charge in [0, 0.05) is 50.5 Å². The van der Waals surface area contributed by atoms with Crippen molar-refractivity contribution >= 4 is 23.7 Å². The molecule has 1 aliphatic carbocycles. The van der Waals surface area contributed by atoms with Crippen LogP contribution in [0.3, 0.4) is 0 Å². The summed E-state index contributed by atoms with van der Waals surface area (Å²) >= 11 is 0. The van der Waals surface area contributed by atoms with E-state index in [9.17, 15) is 19.2 Å². The van der Waals surface area contributed by atoms with Crippen LogP contribution in [0.25, 0.3) is 0 Å². The summed E-state index contributed by atoms with van der Waals surface area (Å²) in [5, 5.41) is 0. The number of methoxy groups -OCH3 is 1. The van der Waals surface area contributed by atoms with E-state index < -0.39 is 17.6 Å². The molecule has 9 nitrogen and oxygen atoms in total. The van der Waals surface area contributed by atoms with Crippen molar-refractivity contribution in [1.82, 2.24) is 0 Å². The smallest absolute Gasteiger partial charge is 0.305 e. The van der Waals surface area contributed by atoms with Crippen LogP contribution < -0.4 is 0 Å². The van der Waals surface area contributed by atoms with E-state index in [1.165, 1.54) is 21.0 Å². The van der Waals surface area contributed by atoms with E-state index in [2.05, 4.69) is 6.92 Å². The summed E-state index contributed by atoms with van der Waals surface area (Å²) in [6.45, 7) is 9.48. The van der Waals surface area contributed by atoms with Gasteiger partial charge in [0.05, 0.1) is 13.2 Å². The number of unbranched alkanes of at least 4 members (excludes halogenated alkanes) is 1. The van der Waals surface area contributed by atoms with Gasteiger partial charge in [-0.15, -0.1) is 0 Å². The van der Waals surface area contributed by atoms with Crippen LogP contribution in [0.2, 0.25) is 0 Å². The molecule has 234 valence electrons. The zero-order valence-corrected chi connectivity index (χ0v) is 26.0. The molecule has 0 N–H and O–H groups in total. The van der Waals surface area contributed by atoms with E-state index in [0.29, 0.717) is 38.7 Å². The minimum Gasteiger partial charge on any atom is -0.469 e. The Labute approximate surface area is 246 Å². The van der Waals surface area contributed by atoms with Crippen LogP contribution in [-0.4, -0.2) is 62.0 Å². The van der Waals surface area contributed by atoms with E-state index in [1.54, 1.807) is 6.08 Å². The number of esters is 3. The molecule has 2 aliphatic rings. The van der Waals surface area contributed by atoms with Gasteiger partial charge < -0.3 is 23.7 Å². The number of ether oxygens (including phenoxy) is 5. The SMILES string of the molecule is CCCCC(C)(C)C(=O)/C=C/[C@@H]1[C@@H](CCC(CCCC(=O)OC)OC(C)=O)[C@@H](OC(C)=O)C[C@H]1OC1CCCCO1. The molecule has 6 atom stereocenters. The molecule has 0 spiro atoms.